The Bertz CT molecular complexity index is 979. The van der Waals surface area contributed by atoms with Gasteiger partial charge in [-0.25, -0.2) is 0 Å². The largest absolute Gasteiger partial charge is 0.506 e. The van der Waals surface area contributed by atoms with Crippen LogP contribution in [0.4, 0.5) is 5.69 Å². The van der Waals surface area contributed by atoms with Gasteiger partial charge in [0.15, 0.2) is 5.76 Å². The highest BCUT2D eigenvalue weighted by Crippen LogP contribution is 2.36. The molecule has 0 spiro atoms. The first-order valence-electron chi connectivity index (χ1n) is 8.94. The first kappa shape index (κ1) is 20.1. The molecule has 0 radical (unpaired) electrons. The average molecular weight is 397 g/mol. The average Bonchev–Trinajstić information content (AvgIpc) is 3.19. The van der Waals surface area contributed by atoms with Crippen LogP contribution in [0.1, 0.15) is 27.4 Å². The Morgan fingerprint density at radius 3 is 2.31 bits per heavy atom. The van der Waals surface area contributed by atoms with Crippen LogP contribution in [0.2, 0.25) is 0 Å². The summed E-state index contributed by atoms with van der Waals surface area (Å²) in [4.78, 5) is 12.5. The maximum absolute atomic E-state index is 12.5. The van der Waals surface area contributed by atoms with Crippen LogP contribution in [0.15, 0.2) is 46.9 Å². The number of rotatable bonds is 7. The number of phenols is 1. The number of aryl methyl sites for hydroxylation is 1. The number of aromatic hydroxyl groups is 1. The second-order valence-electron chi connectivity index (χ2n) is 6.38. The number of para-hydroxylation sites is 1. The van der Waals surface area contributed by atoms with Crippen LogP contribution in [0.5, 0.6) is 23.0 Å². The van der Waals surface area contributed by atoms with Crippen molar-refractivity contribution in [3.05, 3.63) is 65.1 Å². The number of carbonyl (C=O) groups is 1. The van der Waals surface area contributed by atoms with E-state index in [1.165, 1.54) is 6.07 Å². The number of phenolic OH excluding ortho intramolecular Hbond substituents is 1. The lowest BCUT2D eigenvalue weighted by Crippen LogP contribution is -2.12. The van der Waals surface area contributed by atoms with Gasteiger partial charge in [0.2, 0.25) is 0 Å². The summed E-state index contributed by atoms with van der Waals surface area (Å²) >= 11 is 0. The van der Waals surface area contributed by atoms with Gasteiger partial charge in [-0.2, -0.15) is 0 Å². The predicted octanol–water partition coefficient (Wildman–Crippen LogP) is 4.16. The third-order valence-corrected chi connectivity index (χ3v) is 4.54. The van der Waals surface area contributed by atoms with Crippen molar-refractivity contribution in [3.8, 4) is 23.0 Å². The van der Waals surface area contributed by atoms with Gasteiger partial charge in [0.25, 0.3) is 5.91 Å². The van der Waals surface area contributed by atoms with Gasteiger partial charge >= 0.3 is 0 Å². The molecule has 0 atom stereocenters. The molecule has 2 aromatic carbocycles. The molecule has 7 nitrogen and oxygen atoms in total. The maximum Gasteiger partial charge on any atom is 0.291 e. The zero-order valence-electron chi connectivity index (χ0n) is 16.7. The molecule has 0 saturated carbocycles. The lowest BCUT2D eigenvalue weighted by Gasteiger charge is -2.14. The van der Waals surface area contributed by atoms with Crippen molar-refractivity contribution in [3.63, 3.8) is 0 Å². The highest BCUT2D eigenvalue weighted by atomic mass is 16.5. The lowest BCUT2D eigenvalue weighted by molar-refractivity contribution is 0.0994. The highest BCUT2D eigenvalue weighted by molar-refractivity contribution is 6.03. The second kappa shape index (κ2) is 8.60. The van der Waals surface area contributed by atoms with Crippen LogP contribution in [0, 0.1) is 6.92 Å². The number of anilines is 1. The van der Waals surface area contributed by atoms with Gasteiger partial charge in [0.1, 0.15) is 28.8 Å². The summed E-state index contributed by atoms with van der Waals surface area (Å²) < 4.78 is 21.9. The van der Waals surface area contributed by atoms with Crippen LogP contribution in [0.3, 0.4) is 0 Å². The van der Waals surface area contributed by atoms with Gasteiger partial charge < -0.3 is 29.1 Å². The SMILES string of the molecule is COc1cc(OC)c(Cc2ccc(C(=O)Nc3c(C)cccc3O)o2)c(OC)c1. The minimum Gasteiger partial charge on any atom is -0.506 e. The number of nitrogens with one attached hydrogen (secondary N) is 1. The summed E-state index contributed by atoms with van der Waals surface area (Å²) in [7, 11) is 4.69. The van der Waals surface area contributed by atoms with Gasteiger partial charge in [-0.1, -0.05) is 12.1 Å². The summed E-state index contributed by atoms with van der Waals surface area (Å²) in [5.41, 5.74) is 1.88. The fourth-order valence-electron chi connectivity index (χ4n) is 3.01. The van der Waals surface area contributed by atoms with E-state index in [0.717, 1.165) is 11.1 Å². The summed E-state index contributed by atoms with van der Waals surface area (Å²) in [6, 6.07) is 11.8. The lowest BCUT2D eigenvalue weighted by atomic mass is 10.1. The van der Waals surface area contributed by atoms with E-state index in [1.807, 2.05) is 0 Å². The van der Waals surface area contributed by atoms with E-state index in [1.54, 1.807) is 64.7 Å². The van der Waals surface area contributed by atoms with E-state index in [0.29, 0.717) is 35.1 Å². The quantitative estimate of drug-likeness (QED) is 0.582. The molecule has 7 heteroatoms. The van der Waals surface area contributed by atoms with Gasteiger partial charge in [0.05, 0.1) is 27.0 Å². The number of methoxy groups -OCH3 is 3. The molecule has 152 valence electrons. The maximum atomic E-state index is 12.5. The number of carbonyl (C=O) groups excluding carboxylic acids is 1. The van der Waals surface area contributed by atoms with E-state index in [2.05, 4.69) is 5.32 Å². The normalized spacial score (nSPS) is 10.5. The number of hydrogen-bond donors (Lipinski definition) is 2. The van der Waals surface area contributed by atoms with Crippen molar-refractivity contribution in [1.29, 1.82) is 0 Å². The van der Waals surface area contributed by atoms with Crippen molar-refractivity contribution < 1.29 is 28.5 Å². The van der Waals surface area contributed by atoms with E-state index < -0.39 is 5.91 Å². The van der Waals surface area contributed by atoms with Crippen LogP contribution in [-0.4, -0.2) is 32.3 Å². The van der Waals surface area contributed by atoms with Crippen molar-refractivity contribution >= 4 is 11.6 Å². The minimum absolute atomic E-state index is 0.00200. The minimum atomic E-state index is -0.450. The standard InChI is InChI=1S/C22H23NO6/c1-13-6-5-7-17(24)21(13)23-22(25)18-9-8-14(29-18)10-16-19(27-3)11-15(26-2)12-20(16)28-4/h5-9,11-12,24H,10H2,1-4H3,(H,23,25). The number of amides is 1. The molecule has 1 amide bonds. The van der Waals surface area contributed by atoms with E-state index in [9.17, 15) is 9.90 Å². The third kappa shape index (κ3) is 4.29. The smallest absolute Gasteiger partial charge is 0.291 e. The molecular formula is C22H23NO6. The first-order valence-corrected chi connectivity index (χ1v) is 8.94. The molecule has 29 heavy (non-hydrogen) atoms. The van der Waals surface area contributed by atoms with Crippen LogP contribution >= 0.6 is 0 Å². The monoisotopic (exact) mass is 397 g/mol. The number of ether oxygens (including phenoxy) is 3. The van der Waals surface area contributed by atoms with Crippen molar-refractivity contribution in [2.45, 2.75) is 13.3 Å². The summed E-state index contributed by atoms with van der Waals surface area (Å²) in [6.45, 7) is 1.80. The number of hydrogen-bond acceptors (Lipinski definition) is 6. The molecule has 0 saturated heterocycles. The topological polar surface area (TPSA) is 90.2 Å². The van der Waals surface area contributed by atoms with Gasteiger partial charge in [0, 0.05) is 24.1 Å². The Balaban J connectivity index is 1.83. The molecule has 0 fully saturated rings. The molecule has 1 heterocycles. The first-order chi connectivity index (χ1) is 14.0. The Kier molecular flexibility index (Phi) is 5.97. The van der Waals surface area contributed by atoms with Crippen molar-refractivity contribution in [1.82, 2.24) is 0 Å². The van der Waals surface area contributed by atoms with Gasteiger partial charge in [-0.05, 0) is 30.7 Å². The number of furan rings is 1. The predicted molar refractivity (Wildman–Crippen MR) is 108 cm³/mol. The summed E-state index contributed by atoms with van der Waals surface area (Å²) in [5.74, 6) is 2.04. The van der Waals surface area contributed by atoms with Crippen LogP contribution in [0.25, 0.3) is 0 Å². The van der Waals surface area contributed by atoms with Crippen LogP contribution < -0.4 is 19.5 Å². The Morgan fingerprint density at radius 1 is 1.03 bits per heavy atom. The van der Waals surface area contributed by atoms with E-state index in [4.69, 9.17) is 18.6 Å². The Labute approximate surface area is 168 Å². The molecule has 1 aromatic heterocycles. The Morgan fingerprint density at radius 2 is 1.72 bits per heavy atom. The van der Waals surface area contributed by atoms with Gasteiger partial charge in [-0.3, -0.25) is 4.79 Å². The molecule has 0 unspecified atom stereocenters. The van der Waals surface area contributed by atoms with E-state index in [-0.39, 0.29) is 11.5 Å². The molecular weight excluding hydrogens is 374 g/mol. The zero-order valence-corrected chi connectivity index (χ0v) is 16.7. The molecule has 0 aliphatic rings. The fourth-order valence-corrected chi connectivity index (χ4v) is 3.01. The summed E-state index contributed by atoms with van der Waals surface area (Å²) in [5, 5.41) is 12.6. The highest BCUT2D eigenvalue weighted by Gasteiger charge is 2.18. The Hall–Kier alpha value is -3.61. The molecule has 3 aromatic rings. The molecule has 0 aliphatic carbocycles. The zero-order chi connectivity index (χ0) is 21.0. The van der Waals surface area contributed by atoms with E-state index >= 15 is 0 Å². The number of benzene rings is 2. The fraction of sp³-hybridized carbons (Fsp3) is 0.227. The summed E-state index contributed by atoms with van der Waals surface area (Å²) in [6.07, 6.45) is 0.360. The molecule has 0 bridgehead atoms. The van der Waals surface area contributed by atoms with Crippen molar-refractivity contribution in [2.75, 3.05) is 26.6 Å². The second-order valence-corrected chi connectivity index (χ2v) is 6.38. The molecule has 2 N–H and O–H groups in total. The van der Waals surface area contributed by atoms with Crippen molar-refractivity contribution in [2.24, 2.45) is 0 Å². The molecule has 0 aliphatic heterocycles. The van der Waals surface area contributed by atoms with Gasteiger partial charge in [-0.15, -0.1) is 0 Å². The molecule has 3 rings (SSSR count). The third-order valence-electron chi connectivity index (χ3n) is 4.54. The van der Waals surface area contributed by atoms with Crippen LogP contribution in [-0.2, 0) is 6.42 Å².